The maximum Gasteiger partial charge on any atom is 0.284 e. The molecule has 0 atom stereocenters. The van der Waals surface area contributed by atoms with Gasteiger partial charge in [0.1, 0.15) is 5.76 Å². The Morgan fingerprint density at radius 1 is 1.32 bits per heavy atom. The molecule has 0 aromatic carbocycles. The van der Waals surface area contributed by atoms with Crippen LogP contribution in [-0.2, 0) is 13.1 Å². The summed E-state index contributed by atoms with van der Waals surface area (Å²) in [5, 5.41) is 6.29. The smallest absolute Gasteiger partial charge is 0.284 e. The fraction of sp³-hybridized carbons (Fsp3) is 0.286. The molecule has 0 fully saturated rings. The number of nitrogens with one attached hydrogen (secondary N) is 2. The highest BCUT2D eigenvalue weighted by Gasteiger charge is 2.07. The molecule has 0 aliphatic rings. The van der Waals surface area contributed by atoms with Crippen molar-refractivity contribution < 1.29 is 9.21 Å². The Morgan fingerprint density at radius 3 is 2.64 bits per heavy atom. The van der Waals surface area contributed by atoms with Gasteiger partial charge in [0.15, 0.2) is 11.7 Å². The molecule has 120 valence electrons. The number of carbonyl (C=O) groups excluding carboxylic acids is 1. The zero-order chi connectivity index (χ0) is 15.1. The highest BCUT2D eigenvalue weighted by Crippen LogP contribution is 2.06. The summed E-state index contributed by atoms with van der Waals surface area (Å²) in [6, 6.07) is 7.24. The summed E-state index contributed by atoms with van der Waals surface area (Å²) in [7, 11) is 1.70. The van der Waals surface area contributed by atoms with Gasteiger partial charge in [-0.05, 0) is 24.3 Å². The van der Waals surface area contributed by atoms with Crippen molar-refractivity contribution >= 4 is 35.8 Å². The molecule has 1 amide bonds. The Morgan fingerprint density at radius 2 is 2.05 bits per heavy atom. The Balaban J connectivity index is 0.00000242. The van der Waals surface area contributed by atoms with Crippen LogP contribution in [-0.4, -0.2) is 30.0 Å². The number of furan rings is 1. The van der Waals surface area contributed by atoms with Crippen LogP contribution in [0.15, 0.2) is 46.1 Å². The van der Waals surface area contributed by atoms with Crippen molar-refractivity contribution in [3.8, 4) is 0 Å². The number of hydrogen-bond donors (Lipinski definition) is 3. The molecule has 2 aromatic heterocycles. The van der Waals surface area contributed by atoms with E-state index in [9.17, 15) is 4.79 Å². The normalized spacial score (nSPS) is 10.9. The highest BCUT2D eigenvalue weighted by atomic mass is 127. The van der Waals surface area contributed by atoms with Crippen molar-refractivity contribution in [2.75, 3.05) is 13.6 Å². The number of primary amides is 1. The van der Waals surface area contributed by atoms with Crippen LogP contribution < -0.4 is 16.4 Å². The summed E-state index contributed by atoms with van der Waals surface area (Å²) in [4.78, 5) is 15.0. The average Bonchev–Trinajstić information content (AvgIpc) is 3.13. The first kappa shape index (κ1) is 18.1. The van der Waals surface area contributed by atoms with Crippen LogP contribution in [0, 0.1) is 0 Å². The van der Waals surface area contributed by atoms with Gasteiger partial charge in [0.2, 0.25) is 0 Å². The van der Waals surface area contributed by atoms with E-state index in [1.54, 1.807) is 19.2 Å². The van der Waals surface area contributed by atoms with Gasteiger partial charge in [-0.3, -0.25) is 9.79 Å². The molecule has 0 saturated carbocycles. The lowest BCUT2D eigenvalue weighted by Crippen LogP contribution is -2.38. The molecule has 0 spiro atoms. The van der Waals surface area contributed by atoms with E-state index < -0.39 is 5.91 Å². The maximum absolute atomic E-state index is 10.9. The topological polar surface area (TPSA) is 97.6 Å². The van der Waals surface area contributed by atoms with Crippen molar-refractivity contribution in [2.45, 2.75) is 13.1 Å². The van der Waals surface area contributed by atoms with Gasteiger partial charge in [0, 0.05) is 32.5 Å². The number of guanidine groups is 1. The molecule has 0 radical (unpaired) electrons. The second-order valence-electron chi connectivity index (χ2n) is 4.40. The van der Waals surface area contributed by atoms with E-state index >= 15 is 0 Å². The van der Waals surface area contributed by atoms with E-state index in [0.717, 1.165) is 13.1 Å². The Labute approximate surface area is 146 Å². The first-order chi connectivity index (χ1) is 10.2. The van der Waals surface area contributed by atoms with Crippen molar-refractivity contribution in [1.82, 2.24) is 15.2 Å². The number of aromatic nitrogens is 1. The zero-order valence-electron chi connectivity index (χ0n) is 12.3. The SMILES string of the molecule is CN=C(NCCn1cccc1)NCc1ccc(C(N)=O)o1.I. The number of rotatable bonds is 6. The maximum atomic E-state index is 10.9. The standard InChI is InChI=1S/C14H19N5O2.HI/c1-16-14(17-6-9-19-7-2-3-8-19)18-10-11-4-5-12(21-11)13(15)20;/h2-5,7-8H,6,9-10H2,1H3,(H2,15,20)(H2,16,17,18);1H. The van der Waals surface area contributed by atoms with Crippen LogP contribution in [0.5, 0.6) is 0 Å². The molecule has 0 saturated heterocycles. The predicted molar refractivity (Wildman–Crippen MR) is 95.3 cm³/mol. The molecular weight excluding hydrogens is 397 g/mol. The minimum Gasteiger partial charge on any atom is -0.454 e. The summed E-state index contributed by atoms with van der Waals surface area (Å²) >= 11 is 0. The molecule has 7 nitrogen and oxygen atoms in total. The number of nitrogens with two attached hydrogens (primary N) is 1. The first-order valence-electron chi connectivity index (χ1n) is 6.63. The second kappa shape index (κ2) is 9.13. The molecule has 0 bridgehead atoms. The fourth-order valence-corrected chi connectivity index (χ4v) is 1.82. The Hall–Kier alpha value is -1.97. The van der Waals surface area contributed by atoms with Crippen LogP contribution in [0.1, 0.15) is 16.3 Å². The number of amides is 1. The van der Waals surface area contributed by atoms with E-state index in [1.807, 2.05) is 24.5 Å². The summed E-state index contributed by atoms with van der Waals surface area (Å²) in [6.07, 6.45) is 4.01. The van der Waals surface area contributed by atoms with E-state index in [1.165, 1.54) is 0 Å². The van der Waals surface area contributed by atoms with Crippen LogP contribution in [0.2, 0.25) is 0 Å². The summed E-state index contributed by atoms with van der Waals surface area (Å²) in [5.41, 5.74) is 5.13. The molecule has 0 aliphatic heterocycles. The molecule has 22 heavy (non-hydrogen) atoms. The lowest BCUT2D eigenvalue weighted by Gasteiger charge is -2.11. The van der Waals surface area contributed by atoms with Crippen molar-refractivity contribution in [1.29, 1.82) is 0 Å². The number of carbonyl (C=O) groups is 1. The van der Waals surface area contributed by atoms with Gasteiger partial charge in [0.05, 0.1) is 6.54 Å². The van der Waals surface area contributed by atoms with Crippen LogP contribution >= 0.6 is 24.0 Å². The van der Waals surface area contributed by atoms with E-state index in [4.69, 9.17) is 10.2 Å². The third-order valence-electron chi connectivity index (χ3n) is 2.89. The number of hydrogen-bond acceptors (Lipinski definition) is 3. The monoisotopic (exact) mass is 417 g/mol. The summed E-state index contributed by atoms with van der Waals surface area (Å²) < 4.78 is 7.35. The highest BCUT2D eigenvalue weighted by molar-refractivity contribution is 14.0. The number of nitrogens with zero attached hydrogens (tertiary/aromatic N) is 2. The van der Waals surface area contributed by atoms with E-state index in [2.05, 4.69) is 20.2 Å². The molecule has 0 unspecified atom stereocenters. The van der Waals surface area contributed by atoms with Crippen molar-refractivity contribution in [3.63, 3.8) is 0 Å². The second-order valence-corrected chi connectivity index (χ2v) is 4.40. The van der Waals surface area contributed by atoms with Crippen molar-refractivity contribution in [3.05, 3.63) is 48.2 Å². The quantitative estimate of drug-likeness (QED) is 0.373. The average molecular weight is 417 g/mol. The van der Waals surface area contributed by atoms with E-state index in [-0.39, 0.29) is 29.7 Å². The van der Waals surface area contributed by atoms with Gasteiger partial charge in [0.25, 0.3) is 5.91 Å². The summed E-state index contributed by atoms with van der Waals surface area (Å²) in [5.74, 6) is 0.870. The lowest BCUT2D eigenvalue weighted by molar-refractivity contribution is 0.0972. The molecule has 4 N–H and O–H groups in total. The van der Waals surface area contributed by atoms with Gasteiger partial charge in [-0.15, -0.1) is 24.0 Å². The van der Waals surface area contributed by atoms with Crippen molar-refractivity contribution in [2.24, 2.45) is 10.7 Å². The van der Waals surface area contributed by atoms with Gasteiger partial charge in [-0.2, -0.15) is 0 Å². The van der Waals surface area contributed by atoms with E-state index in [0.29, 0.717) is 18.3 Å². The Bertz CT molecular complexity index is 607. The fourth-order valence-electron chi connectivity index (χ4n) is 1.82. The largest absolute Gasteiger partial charge is 0.454 e. The first-order valence-corrected chi connectivity index (χ1v) is 6.63. The Kier molecular flexibility index (Phi) is 7.50. The molecule has 2 aromatic rings. The van der Waals surface area contributed by atoms with Gasteiger partial charge in [-0.25, -0.2) is 0 Å². The molecule has 0 aliphatic carbocycles. The zero-order valence-corrected chi connectivity index (χ0v) is 14.6. The van der Waals surface area contributed by atoms with Crippen LogP contribution in [0.25, 0.3) is 0 Å². The third kappa shape index (κ3) is 5.43. The summed E-state index contributed by atoms with van der Waals surface area (Å²) in [6.45, 7) is 2.02. The molecular formula is C14H20IN5O2. The van der Waals surface area contributed by atoms with Crippen LogP contribution in [0.4, 0.5) is 0 Å². The third-order valence-corrected chi connectivity index (χ3v) is 2.89. The van der Waals surface area contributed by atoms with Gasteiger partial charge < -0.3 is 25.4 Å². The predicted octanol–water partition coefficient (Wildman–Crippen LogP) is 1.16. The molecule has 8 heteroatoms. The van der Waals surface area contributed by atoms with Crippen LogP contribution in [0.3, 0.4) is 0 Å². The van der Waals surface area contributed by atoms with Gasteiger partial charge >= 0.3 is 0 Å². The van der Waals surface area contributed by atoms with Gasteiger partial charge in [-0.1, -0.05) is 0 Å². The number of aliphatic imine (C=N–C) groups is 1. The minimum absolute atomic E-state index is 0. The molecule has 2 heterocycles. The lowest BCUT2D eigenvalue weighted by atomic mass is 10.4. The number of halogens is 1. The molecule has 2 rings (SSSR count). The minimum atomic E-state index is -0.574.